The van der Waals surface area contributed by atoms with E-state index in [9.17, 15) is 0 Å². The molecule has 0 radical (unpaired) electrons. The van der Waals surface area contributed by atoms with Gasteiger partial charge in [0, 0.05) is 23.3 Å². The van der Waals surface area contributed by atoms with Crippen molar-refractivity contribution in [2.45, 2.75) is 19.9 Å². The number of para-hydroxylation sites is 2. The van der Waals surface area contributed by atoms with Crippen molar-refractivity contribution < 1.29 is 0 Å². The van der Waals surface area contributed by atoms with Crippen LogP contribution in [0, 0.1) is 5.41 Å². The highest BCUT2D eigenvalue weighted by Gasteiger charge is 2.35. The highest BCUT2D eigenvalue weighted by atomic mass is 15.0. The second-order valence-corrected chi connectivity index (χ2v) is 5.87. The lowest BCUT2D eigenvalue weighted by atomic mass is 9.77. The van der Waals surface area contributed by atoms with Gasteiger partial charge in [0.05, 0.1) is 6.04 Å². The Hall–Kier alpha value is -1.96. The van der Waals surface area contributed by atoms with Gasteiger partial charge in [0.15, 0.2) is 0 Å². The van der Waals surface area contributed by atoms with E-state index in [0.717, 1.165) is 6.54 Å². The molecule has 0 spiro atoms. The van der Waals surface area contributed by atoms with Gasteiger partial charge >= 0.3 is 0 Å². The molecule has 2 nitrogen and oxygen atoms in total. The summed E-state index contributed by atoms with van der Waals surface area (Å²) in [6, 6.07) is 19.3. The van der Waals surface area contributed by atoms with Gasteiger partial charge in [-0.1, -0.05) is 50.2 Å². The summed E-state index contributed by atoms with van der Waals surface area (Å²) in [6.45, 7) is 5.58. The number of hydrogen-bond donors (Lipinski definition) is 2. The van der Waals surface area contributed by atoms with Crippen molar-refractivity contribution in [2.75, 3.05) is 17.2 Å². The van der Waals surface area contributed by atoms with E-state index in [1.165, 1.54) is 16.9 Å². The molecule has 0 saturated heterocycles. The summed E-state index contributed by atoms with van der Waals surface area (Å²) in [5.41, 5.74) is 3.94. The predicted octanol–water partition coefficient (Wildman–Crippen LogP) is 4.29. The molecule has 0 fully saturated rings. The summed E-state index contributed by atoms with van der Waals surface area (Å²) >= 11 is 0. The highest BCUT2D eigenvalue weighted by Crippen LogP contribution is 2.42. The number of nitrogens with one attached hydrogen (secondary N) is 2. The molecule has 0 saturated carbocycles. The van der Waals surface area contributed by atoms with Crippen LogP contribution < -0.4 is 10.6 Å². The maximum Gasteiger partial charge on any atom is 0.0601 e. The van der Waals surface area contributed by atoms with Crippen molar-refractivity contribution in [3.05, 3.63) is 60.2 Å². The molecular weight excluding hydrogens is 232 g/mol. The van der Waals surface area contributed by atoms with Crippen molar-refractivity contribution >= 4 is 11.4 Å². The fourth-order valence-electron chi connectivity index (χ4n) is 2.73. The number of anilines is 2. The number of fused-ring (bicyclic) bond motifs is 1. The SMILES string of the molecule is CC1(C)CNc2ccccc2C1Nc1ccccc1. The van der Waals surface area contributed by atoms with Crippen molar-refractivity contribution in [3.63, 3.8) is 0 Å². The van der Waals surface area contributed by atoms with Crippen LogP contribution in [0.15, 0.2) is 54.6 Å². The minimum absolute atomic E-state index is 0.171. The highest BCUT2D eigenvalue weighted by molar-refractivity contribution is 5.59. The Morgan fingerprint density at radius 3 is 2.47 bits per heavy atom. The first kappa shape index (κ1) is 12.1. The first-order valence-corrected chi connectivity index (χ1v) is 6.81. The summed E-state index contributed by atoms with van der Waals surface area (Å²) < 4.78 is 0. The minimum Gasteiger partial charge on any atom is -0.384 e. The topological polar surface area (TPSA) is 24.1 Å². The van der Waals surface area contributed by atoms with E-state index >= 15 is 0 Å². The molecule has 3 rings (SSSR count). The van der Waals surface area contributed by atoms with Gasteiger partial charge in [0.2, 0.25) is 0 Å². The van der Waals surface area contributed by atoms with Gasteiger partial charge in [-0.15, -0.1) is 0 Å². The zero-order valence-corrected chi connectivity index (χ0v) is 11.5. The molecule has 0 aromatic heterocycles. The Kier molecular flexibility index (Phi) is 2.94. The fourth-order valence-corrected chi connectivity index (χ4v) is 2.73. The standard InChI is InChI=1S/C17H20N2/c1-17(2)12-18-15-11-7-6-10-14(15)16(17)19-13-8-4-3-5-9-13/h3-11,16,18-19H,12H2,1-2H3. The van der Waals surface area contributed by atoms with E-state index in [4.69, 9.17) is 0 Å². The van der Waals surface area contributed by atoms with Gasteiger partial charge in [-0.3, -0.25) is 0 Å². The number of benzene rings is 2. The summed E-state index contributed by atoms with van der Waals surface area (Å²) in [7, 11) is 0. The summed E-state index contributed by atoms with van der Waals surface area (Å²) in [5.74, 6) is 0. The maximum atomic E-state index is 3.69. The van der Waals surface area contributed by atoms with Gasteiger partial charge in [0.1, 0.15) is 0 Å². The average Bonchev–Trinajstić information content (AvgIpc) is 2.43. The Bertz CT molecular complexity index is 560. The Labute approximate surface area is 114 Å². The average molecular weight is 252 g/mol. The van der Waals surface area contributed by atoms with E-state index < -0.39 is 0 Å². The molecule has 98 valence electrons. The second-order valence-electron chi connectivity index (χ2n) is 5.87. The van der Waals surface area contributed by atoms with Crippen LogP contribution in [0.25, 0.3) is 0 Å². The second kappa shape index (κ2) is 4.61. The molecular formula is C17H20N2. The molecule has 2 heteroatoms. The fraction of sp³-hybridized carbons (Fsp3) is 0.294. The van der Waals surface area contributed by atoms with Crippen molar-refractivity contribution in [3.8, 4) is 0 Å². The maximum absolute atomic E-state index is 3.69. The van der Waals surface area contributed by atoms with Crippen LogP contribution in [0.3, 0.4) is 0 Å². The van der Waals surface area contributed by atoms with E-state index in [1.54, 1.807) is 0 Å². The first-order valence-electron chi connectivity index (χ1n) is 6.81. The van der Waals surface area contributed by atoms with Crippen LogP contribution in [-0.4, -0.2) is 6.54 Å². The van der Waals surface area contributed by atoms with Gasteiger partial charge in [-0.25, -0.2) is 0 Å². The third-order valence-corrected chi connectivity index (χ3v) is 3.87. The van der Waals surface area contributed by atoms with Crippen LogP contribution in [-0.2, 0) is 0 Å². The summed E-state index contributed by atoms with van der Waals surface area (Å²) in [6.07, 6.45) is 0. The minimum atomic E-state index is 0.171. The number of hydrogen-bond acceptors (Lipinski definition) is 2. The number of rotatable bonds is 2. The molecule has 1 aliphatic rings. The van der Waals surface area contributed by atoms with Gasteiger partial charge < -0.3 is 10.6 Å². The predicted molar refractivity (Wildman–Crippen MR) is 81.5 cm³/mol. The van der Waals surface area contributed by atoms with Crippen LogP contribution >= 0.6 is 0 Å². The molecule has 2 aromatic carbocycles. The van der Waals surface area contributed by atoms with Crippen molar-refractivity contribution in [1.82, 2.24) is 0 Å². The molecule has 2 N–H and O–H groups in total. The van der Waals surface area contributed by atoms with E-state index in [-0.39, 0.29) is 5.41 Å². The summed E-state index contributed by atoms with van der Waals surface area (Å²) in [5, 5.41) is 7.22. The third-order valence-electron chi connectivity index (χ3n) is 3.87. The molecule has 1 unspecified atom stereocenters. The monoisotopic (exact) mass is 252 g/mol. The molecule has 1 heterocycles. The molecule has 0 bridgehead atoms. The van der Waals surface area contributed by atoms with Gasteiger partial charge in [-0.05, 0) is 23.8 Å². The molecule has 2 aromatic rings. The lowest BCUT2D eigenvalue weighted by Crippen LogP contribution is -2.39. The van der Waals surface area contributed by atoms with E-state index in [0.29, 0.717) is 6.04 Å². The molecule has 0 aliphatic carbocycles. The van der Waals surface area contributed by atoms with Crippen LogP contribution in [0.5, 0.6) is 0 Å². The van der Waals surface area contributed by atoms with Crippen molar-refractivity contribution in [2.24, 2.45) is 5.41 Å². The first-order chi connectivity index (χ1) is 9.17. The quantitative estimate of drug-likeness (QED) is 0.833. The molecule has 1 atom stereocenters. The Morgan fingerprint density at radius 2 is 1.68 bits per heavy atom. The zero-order valence-electron chi connectivity index (χ0n) is 11.5. The third kappa shape index (κ3) is 2.30. The van der Waals surface area contributed by atoms with E-state index in [2.05, 4.69) is 73.0 Å². The van der Waals surface area contributed by atoms with Crippen LogP contribution in [0.4, 0.5) is 11.4 Å². The molecule has 19 heavy (non-hydrogen) atoms. The largest absolute Gasteiger partial charge is 0.384 e. The summed E-state index contributed by atoms with van der Waals surface area (Å²) in [4.78, 5) is 0. The smallest absolute Gasteiger partial charge is 0.0601 e. The lowest BCUT2D eigenvalue weighted by molar-refractivity contribution is 0.320. The van der Waals surface area contributed by atoms with Crippen LogP contribution in [0.2, 0.25) is 0 Å². The Balaban J connectivity index is 1.97. The van der Waals surface area contributed by atoms with Gasteiger partial charge in [-0.2, -0.15) is 0 Å². The van der Waals surface area contributed by atoms with E-state index in [1.807, 2.05) is 6.07 Å². The zero-order chi connectivity index (χ0) is 13.3. The van der Waals surface area contributed by atoms with Crippen LogP contribution in [0.1, 0.15) is 25.5 Å². The Morgan fingerprint density at radius 1 is 1.00 bits per heavy atom. The van der Waals surface area contributed by atoms with Crippen molar-refractivity contribution in [1.29, 1.82) is 0 Å². The molecule has 1 aliphatic heterocycles. The lowest BCUT2D eigenvalue weighted by Gasteiger charge is -2.41. The normalized spacial score (nSPS) is 20.2. The molecule has 0 amide bonds. The van der Waals surface area contributed by atoms with Gasteiger partial charge in [0.25, 0.3) is 0 Å².